The number of rotatable bonds is 6. The van der Waals surface area contributed by atoms with E-state index < -0.39 is 31.7 Å². The first-order valence-electron chi connectivity index (χ1n) is 8.32. The Morgan fingerprint density at radius 3 is 2.52 bits per heavy atom. The minimum Gasteiger partial charge on any atom is -0.468 e. The number of nitrogens with one attached hydrogen (secondary N) is 1. The molecule has 10 heteroatoms. The maximum Gasteiger partial charge on any atom is 0.417 e. The average Bonchev–Trinajstić information content (AvgIpc) is 3.28. The lowest BCUT2D eigenvalue weighted by Crippen LogP contribution is -2.36. The molecule has 0 radical (unpaired) electrons. The lowest BCUT2D eigenvalue weighted by atomic mass is 10.2. The van der Waals surface area contributed by atoms with Crippen molar-refractivity contribution >= 4 is 21.6 Å². The van der Waals surface area contributed by atoms with Gasteiger partial charge in [-0.2, -0.15) is 13.2 Å². The number of nitrogens with zero attached hydrogens (tertiary/aromatic N) is 1. The van der Waals surface area contributed by atoms with Crippen LogP contribution in [0.3, 0.4) is 0 Å². The van der Waals surface area contributed by atoms with E-state index in [-0.39, 0.29) is 12.6 Å². The van der Waals surface area contributed by atoms with Gasteiger partial charge in [0.2, 0.25) is 10.0 Å². The van der Waals surface area contributed by atoms with Crippen molar-refractivity contribution in [3.05, 3.63) is 52.9 Å². The summed E-state index contributed by atoms with van der Waals surface area (Å²) in [5.41, 5.74) is -1.19. The Morgan fingerprint density at radius 1 is 1.22 bits per heavy atom. The fourth-order valence-corrected chi connectivity index (χ4v) is 4.39. The SMILES string of the molecule is O=S(=O)(NCC(c1ccco1)N1CCCC1)c1ccc(Cl)c(C(F)(F)F)c1. The molecule has 0 spiro atoms. The monoisotopic (exact) mass is 422 g/mol. The number of benzene rings is 1. The van der Waals surface area contributed by atoms with Gasteiger partial charge in [-0.1, -0.05) is 11.6 Å². The zero-order chi connectivity index (χ0) is 19.7. The van der Waals surface area contributed by atoms with Gasteiger partial charge < -0.3 is 4.42 Å². The number of likely N-dealkylation sites (tertiary alicyclic amines) is 1. The summed E-state index contributed by atoms with van der Waals surface area (Å²) < 4.78 is 71.9. The number of hydrogen-bond acceptors (Lipinski definition) is 4. The van der Waals surface area contributed by atoms with Gasteiger partial charge in [-0.3, -0.25) is 4.90 Å². The maximum absolute atomic E-state index is 13.0. The zero-order valence-corrected chi connectivity index (χ0v) is 15.7. The Hall–Kier alpha value is -1.55. The number of sulfonamides is 1. The predicted octanol–water partition coefficient (Wildman–Crippen LogP) is 4.07. The molecule has 0 aliphatic carbocycles. The summed E-state index contributed by atoms with van der Waals surface area (Å²) in [4.78, 5) is 1.60. The van der Waals surface area contributed by atoms with Gasteiger partial charge in [0, 0.05) is 6.54 Å². The lowest BCUT2D eigenvalue weighted by Gasteiger charge is -2.26. The van der Waals surface area contributed by atoms with Crippen molar-refractivity contribution in [2.24, 2.45) is 0 Å². The normalized spacial score (nSPS) is 17.3. The van der Waals surface area contributed by atoms with Crippen molar-refractivity contribution in [2.45, 2.75) is 30.0 Å². The van der Waals surface area contributed by atoms with Gasteiger partial charge in [-0.15, -0.1) is 0 Å². The molecule has 1 atom stereocenters. The molecule has 1 aliphatic rings. The highest BCUT2D eigenvalue weighted by Crippen LogP contribution is 2.36. The summed E-state index contributed by atoms with van der Waals surface area (Å²) in [5.74, 6) is 0.603. The third kappa shape index (κ3) is 4.66. The molecule has 27 heavy (non-hydrogen) atoms. The van der Waals surface area contributed by atoms with E-state index in [2.05, 4.69) is 9.62 Å². The quantitative estimate of drug-likeness (QED) is 0.762. The molecule has 1 unspecified atom stereocenters. The van der Waals surface area contributed by atoms with E-state index in [1.807, 2.05) is 0 Å². The Labute approximate surface area is 160 Å². The van der Waals surface area contributed by atoms with Crippen LogP contribution in [-0.2, 0) is 16.2 Å². The minimum absolute atomic E-state index is 0.0141. The van der Waals surface area contributed by atoms with Crippen molar-refractivity contribution in [1.82, 2.24) is 9.62 Å². The zero-order valence-electron chi connectivity index (χ0n) is 14.2. The van der Waals surface area contributed by atoms with Crippen molar-refractivity contribution < 1.29 is 26.0 Å². The third-order valence-corrected chi connectivity index (χ3v) is 6.22. The second-order valence-corrected chi connectivity index (χ2v) is 8.44. The van der Waals surface area contributed by atoms with Gasteiger partial charge in [0.1, 0.15) is 5.76 Å². The molecule has 1 N–H and O–H groups in total. The van der Waals surface area contributed by atoms with Crippen LogP contribution in [0.15, 0.2) is 45.9 Å². The van der Waals surface area contributed by atoms with E-state index in [1.54, 1.807) is 12.1 Å². The van der Waals surface area contributed by atoms with Gasteiger partial charge in [-0.05, 0) is 56.3 Å². The lowest BCUT2D eigenvalue weighted by molar-refractivity contribution is -0.137. The first-order valence-corrected chi connectivity index (χ1v) is 10.2. The number of halogens is 4. The second-order valence-electron chi connectivity index (χ2n) is 6.27. The Morgan fingerprint density at radius 2 is 1.93 bits per heavy atom. The van der Waals surface area contributed by atoms with Crippen LogP contribution >= 0.6 is 11.6 Å². The Balaban J connectivity index is 1.81. The molecule has 0 saturated carbocycles. The van der Waals surface area contributed by atoms with Crippen LogP contribution < -0.4 is 4.72 Å². The number of furan rings is 1. The van der Waals surface area contributed by atoms with E-state index in [0.29, 0.717) is 11.8 Å². The summed E-state index contributed by atoms with van der Waals surface area (Å²) in [7, 11) is -4.15. The predicted molar refractivity (Wildman–Crippen MR) is 93.9 cm³/mol. The van der Waals surface area contributed by atoms with E-state index in [9.17, 15) is 21.6 Å². The fraction of sp³-hybridized carbons (Fsp3) is 0.412. The molecular formula is C17H18ClF3N2O3S. The maximum atomic E-state index is 13.0. The summed E-state index contributed by atoms with van der Waals surface area (Å²) in [6.45, 7) is 1.58. The Kier molecular flexibility index (Phi) is 5.85. The van der Waals surface area contributed by atoms with Crippen LogP contribution in [-0.4, -0.2) is 33.0 Å². The van der Waals surface area contributed by atoms with Crippen LogP contribution in [0.4, 0.5) is 13.2 Å². The standard InChI is InChI=1S/C17H18ClF3N2O3S/c18-14-6-5-12(10-13(14)17(19,20)21)27(24,25)22-11-15(16-4-3-9-26-16)23-7-1-2-8-23/h3-6,9-10,15,22H,1-2,7-8,11H2. The van der Waals surface area contributed by atoms with E-state index >= 15 is 0 Å². The molecule has 1 saturated heterocycles. The molecule has 1 fully saturated rings. The van der Waals surface area contributed by atoms with Gasteiger partial charge in [0.15, 0.2) is 0 Å². The van der Waals surface area contributed by atoms with Crippen molar-refractivity contribution in [2.75, 3.05) is 19.6 Å². The molecule has 0 amide bonds. The van der Waals surface area contributed by atoms with E-state index in [4.69, 9.17) is 16.0 Å². The molecule has 1 aromatic carbocycles. The van der Waals surface area contributed by atoms with Crippen molar-refractivity contribution in [3.8, 4) is 0 Å². The largest absolute Gasteiger partial charge is 0.468 e. The molecule has 2 heterocycles. The molecule has 1 aliphatic heterocycles. The molecular weight excluding hydrogens is 405 g/mol. The first kappa shape index (κ1) is 20.2. The minimum atomic E-state index is -4.74. The third-order valence-electron chi connectivity index (χ3n) is 4.47. The topological polar surface area (TPSA) is 62.6 Å². The second kappa shape index (κ2) is 7.83. The number of alkyl halides is 3. The fourth-order valence-electron chi connectivity index (χ4n) is 3.10. The first-order chi connectivity index (χ1) is 12.7. The summed E-state index contributed by atoms with van der Waals surface area (Å²) >= 11 is 5.56. The van der Waals surface area contributed by atoms with Crippen LogP contribution in [0.2, 0.25) is 5.02 Å². The van der Waals surface area contributed by atoms with Crippen LogP contribution in [0, 0.1) is 0 Å². The molecule has 3 rings (SSSR count). The van der Waals surface area contributed by atoms with Crippen LogP contribution in [0.1, 0.15) is 30.2 Å². The van der Waals surface area contributed by atoms with Gasteiger partial charge >= 0.3 is 6.18 Å². The number of hydrogen-bond donors (Lipinski definition) is 1. The summed E-state index contributed by atoms with van der Waals surface area (Å²) in [6, 6.07) is 5.67. The van der Waals surface area contributed by atoms with Gasteiger partial charge in [-0.25, -0.2) is 13.1 Å². The highest BCUT2D eigenvalue weighted by Gasteiger charge is 2.35. The molecule has 2 aromatic rings. The molecule has 5 nitrogen and oxygen atoms in total. The Bertz CT molecular complexity index is 879. The summed E-state index contributed by atoms with van der Waals surface area (Å²) in [5, 5.41) is -0.549. The van der Waals surface area contributed by atoms with E-state index in [1.165, 1.54) is 6.26 Å². The smallest absolute Gasteiger partial charge is 0.417 e. The van der Waals surface area contributed by atoms with Crippen LogP contribution in [0.5, 0.6) is 0 Å². The highest BCUT2D eigenvalue weighted by atomic mass is 35.5. The van der Waals surface area contributed by atoms with Crippen molar-refractivity contribution in [1.29, 1.82) is 0 Å². The van der Waals surface area contributed by atoms with E-state index in [0.717, 1.165) is 38.1 Å². The highest BCUT2D eigenvalue weighted by molar-refractivity contribution is 7.89. The average molecular weight is 423 g/mol. The molecule has 1 aromatic heterocycles. The molecule has 148 valence electrons. The van der Waals surface area contributed by atoms with Gasteiger partial charge in [0.25, 0.3) is 0 Å². The summed E-state index contributed by atoms with van der Waals surface area (Å²) in [6.07, 6.45) is -1.25. The van der Waals surface area contributed by atoms with Crippen molar-refractivity contribution in [3.63, 3.8) is 0 Å². The van der Waals surface area contributed by atoms with Gasteiger partial charge in [0.05, 0.1) is 27.8 Å². The van der Waals surface area contributed by atoms with Crippen LogP contribution in [0.25, 0.3) is 0 Å². The molecule has 0 bridgehead atoms.